The summed E-state index contributed by atoms with van der Waals surface area (Å²) in [6, 6.07) is 15.6. The van der Waals surface area contributed by atoms with Gasteiger partial charge >= 0.3 is 0 Å². The lowest BCUT2D eigenvalue weighted by Gasteiger charge is -2.25. The molecule has 4 rings (SSSR count). The molecule has 1 aliphatic rings. The highest BCUT2D eigenvalue weighted by Crippen LogP contribution is 2.43. The monoisotopic (exact) mass is 364 g/mol. The van der Waals surface area contributed by atoms with Gasteiger partial charge in [-0.2, -0.15) is 0 Å². The van der Waals surface area contributed by atoms with E-state index >= 15 is 0 Å². The maximum atomic E-state index is 14.1. The Balaban J connectivity index is 1.67. The van der Waals surface area contributed by atoms with Gasteiger partial charge in [0.25, 0.3) is 5.91 Å². The van der Waals surface area contributed by atoms with Gasteiger partial charge in [0, 0.05) is 24.1 Å². The van der Waals surface area contributed by atoms with Crippen molar-refractivity contribution in [3.05, 3.63) is 77.4 Å². The zero-order valence-electron chi connectivity index (χ0n) is 15.4. The summed E-state index contributed by atoms with van der Waals surface area (Å²) >= 11 is 0. The van der Waals surface area contributed by atoms with E-state index in [1.165, 1.54) is 11.0 Å². The molecule has 1 aliphatic carbocycles. The van der Waals surface area contributed by atoms with E-state index in [4.69, 9.17) is 4.42 Å². The first-order chi connectivity index (χ1) is 13.1. The summed E-state index contributed by atoms with van der Waals surface area (Å²) in [5.74, 6) is 0.765. The van der Waals surface area contributed by atoms with Crippen LogP contribution in [0.3, 0.4) is 0 Å². The SMILES string of the molecule is CC(c1ccccc1F)N(C)C(=O)c1nc(-c2ccccc2)oc1C1CC1. The van der Waals surface area contributed by atoms with Crippen molar-refractivity contribution < 1.29 is 13.6 Å². The van der Waals surface area contributed by atoms with Crippen LogP contribution < -0.4 is 0 Å². The van der Waals surface area contributed by atoms with Gasteiger partial charge in [0.1, 0.15) is 11.6 Å². The molecule has 2 aromatic carbocycles. The standard InChI is InChI=1S/C22H21FN2O2/c1-14(17-10-6-7-11-18(17)23)25(2)22(26)19-20(15-12-13-15)27-21(24-19)16-8-4-3-5-9-16/h3-11,14-15H,12-13H2,1-2H3. The first-order valence-corrected chi connectivity index (χ1v) is 9.14. The predicted molar refractivity (Wildman–Crippen MR) is 101 cm³/mol. The molecule has 0 saturated heterocycles. The molecule has 1 heterocycles. The third-order valence-corrected chi connectivity index (χ3v) is 5.08. The number of hydrogen-bond donors (Lipinski definition) is 0. The molecular formula is C22H21FN2O2. The molecule has 0 aliphatic heterocycles. The average molecular weight is 364 g/mol. The van der Waals surface area contributed by atoms with Crippen LogP contribution in [0.5, 0.6) is 0 Å². The summed E-state index contributed by atoms with van der Waals surface area (Å²) in [6.45, 7) is 1.81. The van der Waals surface area contributed by atoms with Gasteiger partial charge in [0.05, 0.1) is 6.04 Å². The number of halogens is 1. The van der Waals surface area contributed by atoms with E-state index in [9.17, 15) is 9.18 Å². The molecule has 0 N–H and O–H groups in total. The fourth-order valence-corrected chi connectivity index (χ4v) is 3.18. The summed E-state index contributed by atoms with van der Waals surface area (Å²) in [5, 5.41) is 0. The van der Waals surface area contributed by atoms with Crippen LogP contribution >= 0.6 is 0 Å². The van der Waals surface area contributed by atoms with Crippen LogP contribution in [0.1, 0.15) is 53.5 Å². The van der Waals surface area contributed by atoms with E-state index in [1.54, 1.807) is 25.2 Å². The van der Waals surface area contributed by atoms with Crippen molar-refractivity contribution >= 4 is 5.91 Å². The van der Waals surface area contributed by atoms with Crippen molar-refractivity contribution in [3.63, 3.8) is 0 Å². The second kappa shape index (κ2) is 6.99. The molecule has 27 heavy (non-hydrogen) atoms. The van der Waals surface area contributed by atoms with Crippen LogP contribution in [0, 0.1) is 5.82 Å². The Morgan fingerprint density at radius 2 is 1.81 bits per heavy atom. The van der Waals surface area contributed by atoms with Crippen LogP contribution in [-0.2, 0) is 0 Å². The van der Waals surface area contributed by atoms with Crippen LogP contribution in [0.4, 0.5) is 4.39 Å². The maximum Gasteiger partial charge on any atom is 0.276 e. The van der Waals surface area contributed by atoms with E-state index in [0.717, 1.165) is 18.4 Å². The van der Waals surface area contributed by atoms with Crippen molar-refractivity contribution in [1.29, 1.82) is 0 Å². The summed E-state index contributed by atoms with van der Waals surface area (Å²) < 4.78 is 20.1. The number of hydrogen-bond acceptors (Lipinski definition) is 3. The molecule has 3 aromatic rings. The third kappa shape index (κ3) is 3.37. The lowest BCUT2D eigenvalue weighted by Crippen LogP contribution is -2.31. The average Bonchev–Trinajstić information content (AvgIpc) is 3.45. The Morgan fingerprint density at radius 1 is 1.15 bits per heavy atom. The molecule has 138 valence electrons. The van der Waals surface area contributed by atoms with Gasteiger partial charge < -0.3 is 9.32 Å². The molecule has 5 heteroatoms. The first-order valence-electron chi connectivity index (χ1n) is 9.14. The number of aromatic nitrogens is 1. The molecule has 1 saturated carbocycles. The molecular weight excluding hydrogens is 343 g/mol. The van der Waals surface area contributed by atoms with E-state index in [0.29, 0.717) is 22.9 Å². The molecule has 4 nitrogen and oxygen atoms in total. The molecule has 0 radical (unpaired) electrons. The number of carbonyl (C=O) groups is 1. The summed E-state index contributed by atoms with van der Waals surface area (Å²) in [7, 11) is 1.67. The van der Waals surface area contributed by atoms with E-state index in [1.807, 2.05) is 37.3 Å². The van der Waals surface area contributed by atoms with Crippen LogP contribution in [-0.4, -0.2) is 22.8 Å². The number of oxazole rings is 1. The molecule has 1 unspecified atom stereocenters. The second-order valence-electron chi connectivity index (χ2n) is 6.99. The summed E-state index contributed by atoms with van der Waals surface area (Å²) in [6.07, 6.45) is 1.99. The minimum absolute atomic E-state index is 0.242. The van der Waals surface area contributed by atoms with Gasteiger partial charge in [-0.25, -0.2) is 9.37 Å². The Bertz CT molecular complexity index is 963. The zero-order chi connectivity index (χ0) is 19.0. The third-order valence-electron chi connectivity index (χ3n) is 5.08. The minimum atomic E-state index is -0.414. The molecule has 1 amide bonds. The Hall–Kier alpha value is -2.95. The second-order valence-corrected chi connectivity index (χ2v) is 6.99. The largest absolute Gasteiger partial charge is 0.440 e. The summed E-state index contributed by atoms with van der Waals surface area (Å²) in [4.78, 5) is 19.2. The summed E-state index contributed by atoms with van der Waals surface area (Å²) in [5.41, 5.74) is 1.65. The number of carbonyl (C=O) groups excluding carboxylic acids is 1. The quantitative estimate of drug-likeness (QED) is 0.626. The van der Waals surface area contributed by atoms with Gasteiger partial charge in [-0.15, -0.1) is 0 Å². The topological polar surface area (TPSA) is 46.3 Å². The van der Waals surface area contributed by atoms with Gasteiger partial charge in [-0.3, -0.25) is 4.79 Å². The molecule has 0 bridgehead atoms. The Kier molecular flexibility index (Phi) is 4.52. The van der Waals surface area contributed by atoms with Gasteiger partial charge in [0.2, 0.25) is 5.89 Å². The number of benzene rings is 2. The highest BCUT2D eigenvalue weighted by atomic mass is 19.1. The van der Waals surface area contributed by atoms with Gasteiger partial charge in [-0.05, 0) is 38.0 Å². The van der Waals surface area contributed by atoms with Gasteiger partial charge in [-0.1, -0.05) is 36.4 Å². The molecule has 1 fully saturated rings. The number of amides is 1. The van der Waals surface area contributed by atoms with Crippen LogP contribution in [0.15, 0.2) is 59.0 Å². The lowest BCUT2D eigenvalue weighted by molar-refractivity contribution is 0.0733. The number of rotatable bonds is 5. The van der Waals surface area contributed by atoms with Gasteiger partial charge in [0.15, 0.2) is 5.69 Å². The Morgan fingerprint density at radius 3 is 2.48 bits per heavy atom. The van der Waals surface area contributed by atoms with Crippen molar-refractivity contribution in [2.24, 2.45) is 0 Å². The minimum Gasteiger partial charge on any atom is -0.440 e. The smallest absolute Gasteiger partial charge is 0.276 e. The van der Waals surface area contributed by atoms with Crippen molar-refractivity contribution in [1.82, 2.24) is 9.88 Å². The van der Waals surface area contributed by atoms with Crippen molar-refractivity contribution in [2.75, 3.05) is 7.05 Å². The fraction of sp³-hybridized carbons (Fsp3) is 0.273. The highest BCUT2D eigenvalue weighted by molar-refractivity contribution is 5.94. The van der Waals surface area contributed by atoms with Crippen molar-refractivity contribution in [2.45, 2.75) is 31.7 Å². The number of nitrogens with zero attached hydrogens (tertiary/aromatic N) is 2. The first kappa shape index (κ1) is 17.5. The fourth-order valence-electron chi connectivity index (χ4n) is 3.18. The molecule has 1 aromatic heterocycles. The lowest BCUT2D eigenvalue weighted by atomic mass is 10.1. The van der Waals surface area contributed by atoms with Crippen LogP contribution in [0.2, 0.25) is 0 Å². The zero-order valence-corrected chi connectivity index (χ0v) is 15.4. The molecule has 1 atom stereocenters. The Labute approximate surface area is 157 Å². The van der Waals surface area contributed by atoms with E-state index in [2.05, 4.69) is 4.98 Å². The molecule has 0 spiro atoms. The van der Waals surface area contributed by atoms with E-state index in [-0.39, 0.29) is 17.6 Å². The van der Waals surface area contributed by atoms with Crippen LogP contribution in [0.25, 0.3) is 11.5 Å². The predicted octanol–water partition coefficient (Wildman–Crippen LogP) is 5.19. The maximum absolute atomic E-state index is 14.1. The highest BCUT2D eigenvalue weighted by Gasteiger charge is 2.36. The normalized spacial score (nSPS) is 14.8. The van der Waals surface area contributed by atoms with Crippen molar-refractivity contribution in [3.8, 4) is 11.5 Å². The van der Waals surface area contributed by atoms with E-state index < -0.39 is 6.04 Å².